The first-order valence-corrected chi connectivity index (χ1v) is 14.1. The van der Waals surface area contributed by atoms with Crippen molar-refractivity contribution in [2.45, 2.75) is 88.9 Å². The summed E-state index contributed by atoms with van der Waals surface area (Å²) in [6.45, 7) is 1.83. The summed E-state index contributed by atoms with van der Waals surface area (Å²) in [7, 11) is 0. The lowest BCUT2D eigenvalue weighted by molar-refractivity contribution is -0.144. The van der Waals surface area contributed by atoms with Gasteiger partial charge in [0.15, 0.2) is 11.6 Å². The average molecular weight is 577 g/mol. The van der Waals surface area contributed by atoms with Crippen LogP contribution in [0.1, 0.15) is 63.9 Å². The number of halogens is 1. The number of amides is 5. The number of carbonyl (C=O) groups is 5. The lowest BCUT2D eigenvalue weighted by Gasteiger charge is -2.37. The van der Waals surface area contributed by atoms with Gasteiger partial charge < -0.3 is 37.1 Å². The Morgan fingerprint density at radius 3 is 2.51 bits per heavy atom. The summed E-state index contributed by atoms with van der Waals surface area (Å²) in [5.74, 6) is -2.47. The minimum absolute atomic E-state index is 0.00315. The first-order chi connectivity index (χ1) is 19.5. The molecule has 4 atom stereocenters. The van der Waals surface area contributed by atoms with Gasteiger partial charge >= 0.3 is 0 Å². The van der Waals surface area contributed by atoms with Gasteiger partial charge in [0.05, 0.1) is 6.04 Å². The van der Waals surface area contributed by atoms with Crippen LogP contribution in [0.3, 0.4) is 0 Å². The molecular formula is C28H41FN6O6. The number of hydrogen-bond acceptors (Lipinski definition) is 7. The lowest BCUT2D eigenvalue weighted by Crippen LogP contribution is -2.59. The largest absolute Gasteiger partial charge is 0.488 e. The van der Waals surface area contributed by atoms with Gasteiger partial charge in [0.25, 0.3) is 0 Å². The Labute approximate surface area is 239 Å². The molecular weight excluding hydrogens is 535 g/mol. The van der Waals surface area contributed by atoms with Crippen LogP contribution in [0.5, 0.6) is 5.75 Å². The second-order valence-corrected chi connectivity index (χ2v) is 10.8. The smallest absolute Gasteiger partial charge is 0.243 e. The maximum absolute atomic E-state index is 15.1. The Hall–Kier alpha value is -3.74. The van der Waals surface area contributed by atoms with E-state index in [9.17, 15) is 24.0 Å². The Balaban J connectivity index is 1.66. The standard InChI is InChI=1S/C28H41FN6O6/c1-17(36)34-14-13-20-10-11-22(35(20)28(40)21(30)15-34)27(39)33-19(9-12-25(32)38)16-41-23-7-4-6-18(26(23)29)5-2-3-8-24(31)37/h4,6-7,19-22H,2-3,5,8-16,30H2,1H3,(H2,31,37)(H2,32,38)(H,33,39)/t19-,20+,21-,22-/m0/s1. The minimum Gasteiger partial charge on any atom is -0.488 e. The van der Waals surface area contributed by atoms with E-state index in [-0.39, 0.29) is 50.1 Å². The minimum atomic E-state index is -0.949. The number of ether oxygens (including phenoxy) is 1. The van der Waals surface area contributed by atoms with Gasteiger partial charge in [0.2, 0.25) is 29.5 Å². The molecule has 41 heavy (non-hydrogen) atoms. The van der Waals surface area contributed by atoms with Crippen LogP contribution in [-0.4, -0.2) is 83.2 Å². The van der Waals surface area contributed by atoms with Gasteiger partial charge in [0, 0.05) is 38.9 Å². The van der Waals surface area contributed by atoms with Crippen molar-refractivity contribution in [1.29, 1.82) is 0 Å². The highest BCUT2D eigenvalue weighted by atomic mass is 19.1. The van der Waals surface area contributed by atoms with E-state index in [1.165, 1.54) is 17.9 Å². The van der Waals surface area contributed by atoms with E-state index in [2.05, 4.69) is 5.32 Å². The molecule has 2 fully saturated rings. The Morgan fingerprint density at radius 2 is 1.83 bits per heavy atom. The zero-order valence-electron chi connectivity index (χ0n) is 23.5. The van der Waals surface area contributed by atoms with E-state index in [1.807, 2.05) is 0 Å². The maximum atomic E-state index is 15.1. The number of nitrogens with zero attached hydrogens (tertiary/aromatic N) is 2. The fourth-order valence-corrected chi connectivity index (χ4v) is 5.42. The molecule has 2 saturated heterocycles. The zero-order chi connectivity index (χ0) is 30.1. The monoisotopic (exact) mass is 576 g/mol. The van der Waals surface area contributed by atoms with Gasteiger partial charge in [-0.15, -0.1) is 0 Å². The normalized spacial score (nSPS) is 21.4. The van der Waals surface area contributed by atoms with Crippen molar-refractivity contribution in [2.75, 3.05) is 19.7 Å². The van der Waals surface area contributed by atoms with Crippen molar-refractivity contribution in [3.63, 3.8) is 0 Å². The number of carbonyl (C=O) groups excluding carboxylic acids is 5. The van der Waals surface area contributed by atoms with Gasteiger partial charge in [0.1, 0.15) is 18.7 Å². The third-order valence-electron chi connectivity index (χ3n) is 7.66. The highest BCUT2D eigenvalue weighted by molar-refractivity contribution is 5.91. The van der Waals surface area contributed by atoms with Crippen LogP contribution in [0.15, 0.2) is 18.2 Å². The fourth-order valence-electron chi connectivity index (χ4n) is 5.42. The molecule has 2 heterocycles. The summed E-state index contributed by atoms with van der Waals surface area (Å²) in [6, 6.07) is 2.14. The number of fused-ring (bicyclic) bond motifs is 1. The van der Waals surface area contributed by atoms with E-state index in [0.717, 1.165) is 0 Å². The molecule has 1 aromatic rings. The molecule has 7 N–H and O–H groups in total. The summed E-state index contributed by atoms with van der Waals surface area (Å²) >= 11 is 0. The number of aryl methyl sites for hydroxylation is 1. The first kappa shape index (κ1) is 31.8. The molecule has 0 radical (unpaired) electrons. The van der Waals surface area contributed by atoms with Crippen molar-refractivity contribution < 1.29 is 33.1 Å². The van der Waals surface area contributed by atoms with Crippen molar-refractivity contribution in [3.05, 3.63) is 29.6 Å². The van der Waals surface area contributed by atoms with Crippen molar-refractivity contribution in [2.24, 2.45) is 17.2 Å². The van der Waals surface area contributed by atoms with E-state index in [1.54, 1.807) is 17.0 Å². The number of rotatable bonds is 13. The van der Waals surface area contributed by atoms with Crippen LogP contribution >= 0.6 is 0 Å². The summed E-state index contributed by atoms with van der Waals surface area (Å²) in [4.78, 5) is 64.0. The van der Waals surface area contributed by atoms with Crippen LogP contribution in [0.2, 0.25) is 0 Å². The summed E-state index contributed by atoms with van der Waals surface area (Å²) in [5.41, 5.74) is 17.0. The first-order valence-electron chi connectivity index (χ1n) is 14.1. The molecule has 0 aromatic heterocycles. The van der Waals surface area contributed by atoms with Crippen molar-refractivity contribution in [3.8, 4) is 5.75 Å². The predicted octanol–water partition coefficient (Wildman–Crippen LogP) is 0.0920. The quantitative estimate of drug-likeness (QED) is 0.239. The predicted molar refractivity (Wildman–Crippen MR) is 148 cm³/mol. The molecule has 1 aromatic carbocycles. The topological polar surface area (TPSA) is 191 Å². The summed E-state index contributed by atoms with van der Waals surface area (Å²) in [6.07, 6.45) is 3.42. The van der Waals surface area contributed by atoms with E-state index in [4.69, 9.17) is 21.9 Å². The molecule has 2 aliphatic heterocycles. The van der Waals surface area contributed by atoms with Gasteiger partial charge in [-0.05, 0) is 56.6 Å². The van der Waals surface area contributed by atoms with Crippen LogP contribution in [0.4, 0.5) is 4.39 Å². The molecule has 0 spiro atoms. The van der Waals surface area contributed by atoms with Crippen LogP contribution in [-0.2, 0) is 30.4 Å². The third kappa shape index (κ3) is 8.87. The molecule has 5 amide bonds. The van der Waals surface area contributed by atoms with Crippen molar-refractivity contribution >= 4 is 29.5 Å². The number of benzene rings is 1. The van der Waals surface area contributed by atoms with E-state index in [0.29, 0.717) is 50.6 Å². The Morgan fingerprint density at radius 1 is 1.10 bits per heavy atom. The third-order valence-corrected chi connectivity index (χ3v) is 7.66. The van der Waals surface area contributed by atoms with Crippen LogP contribution in [0.25, 0.3) is 0 Å². The fraction of sp³-hybridized carbons (Fsp3) is 0.607. The average Bonchev–Trinajstić information content (AvgIpc) is 3.33. The number of hydrogen-bond donors (Lipinski definition) is 4. The Bertz CT molecular complexity index is 1130. The number of nitrogens with two attached hydrogens (primary N) is 3. The molecule has 2 aliphatic rings. The SMILES string of the molecule is CC(=O)N1CC[C@H]2CC[C@@H](C(=O)N[C@@H](CCC(N)=O)COc3cccc(CCCCC(N)=O)c3F)N2C(=O)[C@@H](N)C1. The Kier molecular flexibility index (Phi) is 11.4. The summed E-state index contributed by atoms with van der Waals surface area (Å²) in [5, 5.41) is 2.87. The van der Waals surface area contributed by atoms with Crippen LogP contribution in [0, 0.1) is 5.82 Å². The van der Waals surface area contributed by atoms with E-state index >= 15 is 4.39 Å². The van der Waals surface area contributed by atoms with Crippen molar-refractivity contribution in [1.82, 2.24) is 15.1 Å². The lowest BCUT2D eigenvalue weighted by atomic mass is 10.1. The van der Waals surface area contributed by atoms with Gasteiger partial charge in [-0.3, -0.25) is 24.0 Å². The number of primary amides is 2. The molecule has 0 bridgehead atoms. The molecule has 226 valence electrons. The summed E-state index contributed by atoms with van der Waals surface area (Å²) < 4.78 is 20.8. The molecule has 13 heteroatoms. The molecule has 12 nitrogen and oxygen atoms in total. The number of nitrogens with one attached hydrogen (secondary N) is 1. The van der Waals surface area contributed by atoms with Gasteiger partial charge in [-0.2, -0.15) is 0 Å². The molecule has 0 unspecified atom stereocenters. The molecule has 0 aliphatic carbocycles. The highest BCUT2D eigenvalue weighted by Crippen LogP contribution is 2.29. The van der Waals surface area contributed by atoms with E-state index < -0.39 is 47.6 Å². The van der Waals surface area contributed by atoms with Gasteiger partial charge in [-0.25, -0.2) is 4.39 Å². The molecule has 0 saturated carbocycles. The number of unbranched alkanes of at least 4 members (excludes halogenated alkanes) is 1. The second-order valence-electron chi connectivity index (χ2n) is 10.8. The van der Waals surface area contributed by atoms with Gasteiger partial charge in [-0.1, -0.05) is 12.1 Å². The highest BCUT2D eigenvalue weighted by Gasteiger charge is 2.44. The zero-order valence-corrected chi connectivity index (χ0v) is 23.5. The van der Waals surface area contributed by atoms with Crippen LogP contribution < -0.4 is 27.3 Å². The maximum Gasteiger partial charge on any atom is 0.243 e. The molecule has 3 rings (SSSR count). The second kappa shape index (κ2) is 14.8.